The van der Waals surface area contributed by atoms with Gasteiger partial charge in [-0.05, 0) is 43.3 Å². The van der Waals surface area contributed by atoms with E-state index in [0.717, 1.165) is 11.3 Å². The monoisotopic (exact) mass is 508 g/mol. The van der Waals surface area contributed by atoms with E-state index in [0.29, 0.717) is 6.61 Å². The lowest BCUT2D eigenvalue weighted by Crippen LogP contribution is -3.61. The van der Waals surface area contributed by atoms with E-state index in [1.807, 2.05) is 25.1 Å². The van der Waals surface area contributed by atoms with E-state index in [1.54, 1.807) is 18.2 Å². The molecule has 0 aliphatic heterocycles. The minimum atomic E-state index is -4.27. The van der Waals surface area contributed by atoms with Gasteiger partial charge in [-0.25, -0.2) is 8.42 Å². The van der Waals surface area contributed by atoms with Crippen molar-refractivity contribution in [3.63, 3.8) is 0 Å². The van der Waals surface area contributed by atoms with E-state index in [-0.39, 0.29) is 26.1 Å². The minimum Gasteiger partial charge on any atom is -0.744 e. The van der Waals surface area contributed by atoms with Crippen LogP contribution in [0.3, 0.4) is 0 Å². The van der Waals surface area contributed by atoms with Crippen LogP contribution in [0.2, 0.25) is 0 Å². The highest BCUT2D eigenvalue weighted by molar-refractivity contribution is 7.85. The second-order valence-corrected chi connectivity index (χ2v) is 10.0. The zero-order chi connectivity index (χ0) is 20.4. The molecule has 0 saturated carbocycles. The standard InChI is InChI=1S/C15H14IO.C7H8O3S/c1-2-12-17-15-11-7-6-10-14(15)16-13-8-4-3-5-9-13;1-6-2-4-7(5-3-6)11(8,9)10/h2-11H,1,12H2;2-5H,1H3,(H,8,9,10)/q+1;/p-1. The van der Waals surface area contributed by atoms with E-state index < -0.39 is 10.1 Å². The third-order valence-electron chi connectivity index (χ3n) is 3.45. The van der Waals surface area contributed by atoms with Gasteiger partial charge in [0.05, 0.1) is 4.90 Å². The van der Waals surface area contributed by atoms with Gasteiger partial charge >= 0.3 is 21.2 Å². The fourth-order valence-electron chi connectivity index (χ4n) is 2.09. The van der Waals surface area contributed by atoms with Crippen molar-refractivity contribution < 1.29 is 38.9 Å². The van der Waals surface area contributed by atoms with Gasteiger partial charge in [-0.3, -0.25) is 0 Å². The largest absolute Gasteiger partial charge is 0.744 e. The molecule has 0 unspecified atom stereocenters. The molecule has 3 aromatic rings. The topological polar surface area (TPSA) is 66.4 Å². The molecule has 0 saturated heterocycles. The van der Waals surface area contributed by atoms with E-state index in [2.05, 4.69) is 43.0 Å². The maximum Gasteiger partial charge on any atom is 0.362 e. The predicted molar refractivity (Wildman–Crippen MR) is 105 cm³/mol. The van der Waals surface area contributed by atoms with Crippen molar-refractivity contribution in [2.24, 2.45) is 0 Å². The third-order valence-corrected chi connectivity index (χ3v) is 7.11. The summed E-state index contributed by atoms with van der Waals surface area (Å²) in [5, 5.41) is 0. The lowest BCUT2D eigenvalue weighted by Gasteiger charge is -2.05. The molecule has 0 spiro atoms. The second-order valence-electron chi connectivity index (χ2n) is 5.69. The summed E-state index contributed by atoms with van der Waals surface area (Å²) in [5.74, 6) is 0.990. The Balaban J connectivity index is 0.000000221. The second kappa shape index (κ2) is 11.0. The number of para-hydroxylation sites is 1. The van der Waals surface area contributed by atoms with Crippen molar-refractivity contribution in [1.29, 1.82) is 0 Å². The van der Waals surface area contributed by atoms with Crippen molar-refractivity contribution >= 4 is 10.1 Å². The maximum atomic E-state index is 10.4. The van der Waals surface area contributed by atoms with Gasteiger partial charge in [0.25, 0.3) is 0 Å². The summed E-state index contributed by atoms with van der Waals surface area (Å²) in [6.07, 6.45) is 1.78. The van der Waals surface area contributed by atoms with Gasteiger partial charge in [0.15, 0.2) is 9.32 Å². The molecule has 4 nitrogen and oxygen atoms in total. The molecule has 0 aliphatic carbocycles. The molecule has 28 heavy (non-hydrogen) atoms. The van der Waals surface area contributed by atoms with Crippen molar-refractivity contribution in [2.45, 2.75) is 11.8 Å². The van der Waals surface area contributed by atoms with Crippen LogP contribution >= 0.6 is 0 Å². The van der Waals surface area contributed by atoms with Crippen LogP contribution in [-0.2, 0) is 10.1 Å². The number of benzene rings is 3. The average molecular weight is 508 g/mol. The molecule has 0 aromatic heterocycles. The summed E-state index contributed by atoms with van der Waals surface area (Å²) in [6.45, 7) is 6.06. The molecular formula is C22H21IO4S. The van der Waals surface area contributed by atoms with Crippen LogP contribution in [-0.4, -0.2) is 19.6 Å². The summed E-state index contributed by atoms with van der Waals surface area (Å²) in [5.41, 5.74) is 0.928. The average Bonchev–Trinajstić information content (AvgIpc) is 2.68. The molecule has 0 radical (unpaired) electrons. The first-order chi connectivity index (χ1) is 13.4. The molecule has 3 aromatic carbocycles. The zero-order valence-corrected chi connectivity index (χ0v) is 18.4. The Kier molecular flexibility index (Phi) is 8.69. The molecule has 3 rings (SSSR count). The number of hydrogen-bond acceptors (Lipinski definition) is 4. The Morgan fingerprint density at radius 1 is 0.964 bits per heavy atom. The smallest absolute Gasteiger partial charge is 0.362 e. The van der Waals surface area contributed by atoms with Crippen LogP contribution in [0.15, 0.2) is 96.4 Å². The fraction of sp³-hybridized carbons (Fsp3) is 0.0909. The molecule has 6 heteroatoms. The van der Waals surface area contributed by atoms with E-state index in [9.17, 15) is 13.0 Å². The van der Waals surface area contributed by atoms with E-state index >= 15 is 0 Å². The Labute approximate surface area is 176 Å². The van der Waals surface area contributed by atoms with Gasteiger partial charge in [0.1, 0.15) is 16.7 Å². The van der Waals surface area contributed by atoms with Crippen LogP contribution in [0.5, 0.6) is 5.75 Å². The van der Waals surface area contributed by atoms with Gasteiger partial charge in [0, 0.05) is 0 Å². The number of hydrogen-bond donors (Lipinski definition) is 0. The molecule has 146 valence electrons. The number of halogens is 1. The summed E-state index contributed by atoms with van der Waals surface area (Å²) >= 11 is -0.170. The van der Waals surface area contributed by atoms with Crippen molar-refractivity contribution in [1.82, 2.24) is 0 Å². The van der Waals surface area contributed by atoms with Crippen molar-refractivity contribution in [3.8, 4) is 5.75 Å². The van der Waals surface area contributed by atoms with Crippen LogP contribution in [0, 0.1) is 14.1 Å². The van der Waals surface area contributed by atoms with Crippen LogP contribution in [0.25, 0.3) is 0 Å². The van der Waals surface area contributed by atoms with Gasteiger partial charge in [0.2, 0.25) is 3.57 Å². The van der Waals surface area contributed by atoms with E-state index in [4.69, 9.17) is 4.74 Å². The van der Waals surface area contributed by atoms with Crippen molar-refractivity contribution in [2.75, 3.05) is 6.61 Å². The Bertz CT molecular complexity index is 985. The number of rotatable bonds is 6. The summed E-state index contributed by atoms with van der Waals surface area (Å²) < 4.78 is 39.6. The Morgan fingerprint density at radius 3 is 2.18 bits per heavy atom. The highest BCUT2D eigenvalue weighted by Gasteiger charge is 2.19. The molecule has 0 heterocycles. The van der Waals surface area contributed by atoms with Gasteiger partial charge < -0.3 is 9.29 Å². The molecule has 0 bridgehead atoms. The Morgan fingerprint density at radius 2 is 1.57 bits per heavy atom. The summed E-state index contributed by atoms with van der Waals surface area (Å²) in [7, 11) is -4.27. The predicted octanol–water partition coefficient (Wildman–Crippen LogP) is 1.28. The van der Waals surface area contributed by atoms with Gasteiger partial charge in [-0.15, -0.1) is 0 Å². The first kappa shape index (κ1) is 22.1. The quantitative estimate of drug-likeness (QED) is 0.286. The van der Waals surface area contributed by atoms with Crippen LogP contribution < -0.4 is 25.9 Å². The molecule has 0 aliphatic rings. The third kappa shape index (κ3) is 7.46. The van der Waals surface area contributed by atoms with E-state index in [1.165, 1.54) is 19.3 Å². The molecule has 0 fully saturated rings. The highest BCUT2D eigenvalue weighted by atomic mass is 127. The zero-order valence-electron chi connectivity index (χ0n) is 15.4. The minimum absolute atomic E-state index is 0.170. The first-order valence-electron chi connectivity index (χ1n) is 8.45. The first-order valence-corrected chi connectivity index (χ1v) is 12.0. The number of ether oxygens (including phenoxy) is 1. The molecular weight excluding hydrogens is 487 g/mol. The van der Waals surface area contributed by atoms with Gasteiger partial charge in [-0.2, -0.15) is 0 Å². The molecule has 0 N–H and O–H groups in total. The fourth-order valence-corrected chi connectivity index (χ4v) is 4.99. The number of aryl methyl sites for hydroxylation is 1. The SMILES string of the molecule is C=CCOc1ccccc1[I+]c1ccccc1.Cc1ccc(S(=O)(=O)[O-])cc1. The van der Waals surface area contributed by atoms with Crippen molar-refractivity contribution in [3.05, 3.63) is 104 Å². The van der Waals surface area contributed by atoms with Gasteiger partial charge in [-0.1, -0.05) is 60.7 Å². The highest BCUT2D eigenvalue weighted by Crippen LogP contribution is 2.09. The Hall–Kier alpha value is -2.16. The summed E-state index contributed by atoms with van der Waals surface area (Å²) in [6, 6.07) is 24.6. The maximum absolute atomic E-state index is 10.4. The van der Waals surface area contributed by atoms with Crippen LogP contribution in [0.4, 0.5) is 0 Å². The normalized spacial score (nSPS) is 10.5. The molecule has 0 amide bonds. The lowest BCUT2D eigenvalue weighted by molar-refractivity contribution is -0.598. The van der Waals surface area contributed by atoms with Crippen LogP contribution in [0.1, 0.15) is 5.56 Å². The summed E-state index contributed by atoms with van der Waals surface area (Å²) in [4.78, 5) is -0.178. The molecule has 0 atom stereocenters. The lowest BCUT2D eigenvalue weighted by atomic mass is 10.2.